The maximum absolute atomic E-state index is 13.1. The van der Waals surface area contributed by atoms with Crippen LogP contribution < -0.4 is 4.74 Å². The van der Waals surface area contributed by atoms with Crippen LogP contribution in [0, 0.1) is 5.92 Å². The molecule has 2 heterocycles. The lowest BCUT2D eigenvalue weighted by Gasteiger charge is -2.54. The van der Waals surface area contributed by atoms with Crippen molar-refractivity contribution >= 4 is 6.09 Å². The van der Waals surface area contributed by atoms with Gasteiger partial charge < -0.3 is 9.84 Å². The number of hydrogen-bond donors (Lipinski definition) is 1. The second-order valence-corrected chi connectivity index (χ2v) is 7.29. The molecular weight excluding hydrogens is 326 g/mol. The fourth-order valence-electron chi connectivity index (χ4n) is 4.83. The Hall–Kier alpha value is -2.33. The largest absolute Gasteiger partial charge is 0.416 e. The minimum Gasteiger partial charge on any atom is -0.410 e. The van der Waals surface area contributed by atoms with Crippen LogP contribution in [0.15, 0.2) is 54.6 Å². The molecule has 0 spiro atoms. The molecule has 2 aliphatic heterocycles. The van der Waals surface area contributed by atoms with Crippen molar-refractivity contribution in [3.8, 4) is 5.75 Å². The first-order valence-electron chi connectivity index (χ1n) is 9.49. The smallest absolute Gasteiger partial charge is 0.410 e. The van der Waals surface area contributed by atoms with Crippen molar-refractivity contribution in [2.45, 2.75) is 44.2 Å². The van der Waals surface area contributed by atoms with Gasteiger partial charge in [-0.15, -0.1) is 0 Å². The standard InChI is InChI=1S/C22H25NO3/c1-2-8-19-21-15(14-24)13-20(17-11-6-7-12-18(17)21)23(19)22(25)26-16-9-4-3-5-10-16/h3-7,9-12,15,19-21,24H,2,8,13-14H2,1H3/t15?,19-,20?,21?/m0/s1. The summed E-state index contributed by atoms with van der Waals surface area (Å²) in [7, 11) is 0. The number of rotatable bonds is 4. The Morgan fingerprint density at radius 3 is 2.50 bits per heavy atom. The molecule has 136 valence electrons. The van der Waals surface area contributed by atoms with Gasteiger partial charge in [0.05, 0.1) is 6.04 Å². The third-order valence-electron chi connectivity index (χ3n) is 5.83. The van der Waals surface area contributed by atoms with Gasteiger partial charge in [0.2, 0.25) is 0 Å². The topological polar surface area (TPSA) is 49.8 Å². The molecule has 5 rings (SSSR count). The Balaban J connectivity index is 1.71. The van der Waals surface area contributed by atoms with Crippen LogP contribution in [0.3, 0.4) is 0 Å². The summed E-state index contributed by atoms with van der Waals surface area (Å²) in [6.07, 6.45) is 2.41. The summed E-state index contributed by atoms with van der Waals surface area (Å²) in [6.45, 7) is 2.31. The number of carbonyl (C=O) groups is 1. The number of carbonyl (C=O) groups excluding carboxylic acids is 1. The van der Waals surface area contributed by atoms with Crippen LogP contribution >= 0.6 is 0 Å². The van der Waals surface area contributed by atoms with E-state index in [9.17, 15) is 9.90 Å². The third-order valence-corrected chi connectivity index (χ3v) is 5.83. The maximum atomic E-state index is 13.1. The molecule has 1 amide bonds. The summed E-state index contributed by atoms with van der Waals surface area (Å²) >= 11 is 0. The first kappa shape index (κ1) is 17.1. The van der Waals surface area contributed by atoms with E-state index in [4.69, 9.17) is 4.74 Å². The van der Waals surface area contributed by atoms with Crippen LogP contribution in [0.5, 0.6) is 5.75 Å². The second-order valence-electron chi connectivity index (χ2n) is 7.29. The van der Waals surface area contributed by atoms with E-state index < -0.39 is 0 Å². The van der Waals surface area contributed by atoms with Crippen LogP contribution in [0.4, 0.5) is 4.79 Å². The minimum absolute atomic E-state index is 0.0267. The number of piperidine rings is 1. The molecule has 0 saturated carbocycles. The van der Waals surface area contributed by atoms with Gasteiger partial charge in [0, 0.05) is 18.6 Å². The van der Waals surface area contributed by atoms with E-state index in [2.05, 4.69) is 25.1 Å². The van der Waals surface area contributed by atoms with E-state index >= 15 is 0 Å². The molecule has 1 N–H and O–H groups in total. The molecule has 3 aliphatic rings. The zero-order chi connectivity index (χ0) is 18.1. The second kappa shape index (κ2) is 7.12. The Kier molecular flexibility index (Phi) is 4.68. The summed E-state index contributed by atoms with van der Waals surface area (Å²) in [5, 5.41) is 9.95. The number of fused-ring (bicyclic) bond motifs is 2. The SMILES string of the molecule is CCC[C@H]1C2c3ccccc3C(CC2CO)N1C(=O)Oc1ccccc1. The Morgan fingerprint density at radius 1 is 1.12 bits per heavy atom. The molecule has 1 aliphatic carbocycles. The molecule has 2 aromatic rings. The fraction of sp³-hybridized carbons (Fsp3) is 0.409. The van der Waals surface area contributed by atoms with Gasteiger partial charge in [-0.05, 0) is 42.0 Å². The lowest BCUT2D eigenvalue weighted by atomic mass is 9.64. The van der Waals surface area contributed by atoms with Gasteiger partial charge in [-0.3, -0.25) is 4.90 Å². The Bertz CT molecular complexity index is 776. The van der Waals surface area contributed by atoms with Gasteiger partial charge in [-0.1, -0.05) is 55.8 Å². The monoisotopic (exact) mass is 351 g/mol. The van der Waals surface area contributed by atoms with Crippen molar-refractivity contribution in [2.75, 3.05) is 6.61 Å². The highest BCUT2D eigenvalue weighted by Crippen LogP contribution is 2.54. The molecule has 1 fully saturated rings. The molecule has 4 heteroatoms. The number of hydrogen-bond acceptors (Lipinski definition) is 3. The zero-order valence-electron chi connectivity index (χ0n) is 15.0. The minimum atomic E-state index is -0.282. The van der Waals surface area contributed by atoms with Crippen molar-refractivity contribution in [3.05, 3.63) is 65.7 Å². The molecule has 4 nitrogen and oxygen atoms in total. The Morgan fingerprint density at radius 2 is 1.81 bits per heavy atom. The normalized spacial score (nSPS) is 26.5. The highest BCUT2D eigenvalue weighted by molar-refractivity contribution is 5.73. The quantitative estimate of drug-likeness (QED) is 0.882. The average Bonchev–Trinajstić information content (AvgIpc) is 2.68. The summed E-state index contributed by atoms with van der Waals surface area (Å²) in [5.74, 6) is 0.942. The molecule has 26 heavy (non-hydrogen) atoms. The molecule has 2 aromatic carbocycles. The molecule has 3 unspecified atom stereocenters. The van der Waals surface area contributed by atoms with Crippen molar-refractivity contribution in [3.63, 3.8) is 0 Å². The average molecular weight is 351 g/mol. The number of amides is 1. The van der Waals surface area contributed by atoms with Crippen LogP contribution in [0.2, 0.25) is 0 Å². The maximum Gasteiger partial charge on any atom is 0.416 e. The number of benzene rings is 2. The van der Waals surface area contributed by atoms with Crippen LogP contribution in [0.25, 0.3) is 0 Å². The van der Waals surface area contributed by atoms with E-state index in [1.54, 1.807) is 12.1 Å². The molecule has 1 saturated heterocycles. The number of para-hydroxylation sites is 1. The van der Waals surface area contributed by atoms with Crippen LogP contribution in [-0.2, 0) is 0 Å². The zero-order valence-corrected chi connectivity index (χ0v) is 15.0. The number of aliphatic hydroxyl groups is 1. The lowest BCUT2D eigenvalue weighted by Crippen LogP contribution is -2.57. The van der Waals surface area contributed by atoms with E-state index in [1.165, 1.54) is 11.1 Å². The van der Waals surface area contributed by atoms with Gasteiger partial charge in [0.15, 0.2) is 0 Å². The fourth-order valence-corrected chi connectivity index (χ4v) is 4.83. The molecular formula is C22H25NO3. The Labute approximate surface area is 154 Å². The summed E-state index contributed by atoms with van der Waals surface area (Å²) in [4.78, 5) is 15.0. The predicted molar refractivity (Wildman–Crippen MR) is 100 cm³/mol. The van der Waals surface area contributed by atoms with Crippen LogP contribution in [0.1, 0.15) is 49.3 Å². The highest BCUT2D eigenvalue weighted by Gasteiger charge is 2.51. The molecule has 0 aromatic heterocycles. The first-order valence-corrected chi connectivity index (χ1v) is 9.49. The first-order chi connectivity index (χ1) is 12.7. The van der Waals surface area contributed by atoms with E-state index in [1.807, 2.05) is 29.2 Å². The predicted octanol–water partition coefficient (Wildman–Crippen LogP) is 4.51. The third kappa shape index (κ3) is 2.78. The molecule has 2 bridgehead atoms. The summed E-state index contributed by atoms with van der Waals surface area (Å²) in [6, 6.07) is 17.7. The highest BCUT2D eigenvalue weighted by atomic mass is 16.6. The number of ether oxygens (including phenoxy) is 1. The van der Waals surface area contributed by atoms with Gasteiger partial charge in [0.25, 0.3) is 0 Å². The van der Waals surface area contributed by atoms with Gasteiger partial charge in [-0.2, -0.15) is 0 Å². The molecule has 4 atom stereocenters. The van der Waals surface area contributed by atoms with Crippen molar-refractivity contribution in [1.29, 1.82) is 0 Å². The summed E-state index contributed by atoms with van der Waals surface area (Å²) < 4.78 is 5.69. The van der Waals surface area contributed by atoms with Gasteiger partial charge >= 0.3 is 6.09 Å². The molecule has 0 radical (unpaired) electrons. The van der Waals surface area contributed by atoms with Crippen molar-refractivity contribution < 1.29 is 14.6 Å². The van der Waals surface area contributed by atoms with Gasteiger partial charge in [0.1, 0.15) is 5.75 Å². The van der Waals surface area contributed by atoms with E-state index in [0.717, 1.165) is 19.3 Å². The number of nitrogens with zero attached hydrogens (tertiary/aromatic N) is 1. The van der Waals surface area contributed by atoms with Crippen molar-refractivity contribution in [1.82, 2.24) is 4.90 Å². The summed E-state index contributed by atoms with van der Waals surface area (Å²) in [5.41, 5.74) is 2.50. The lowest BCUT2D eigenvalue weighted by molar-refractivity contribution is 0.00235. The van der Waals surface area contributed by atoms with E-state index in [0.29, 0.717) is 5.75 Å². The van der Waals surface area contributed by atoms with E-state index in [-0.39, 0.29) is 36.6 Å². The van der Waals surface area contributed by atoms with Crippen molar-refractivity contribution in [2.24, 2.45) is 5.92 Å². The van der Waals surface area contributed by atoms with Crippen LogP contribution in [-0.4, -0.2) is 28.7 Å². The number of aliphatic hydroxyl groups excluding tert-OH is 1. The van der Waals surface area contributed by atoms with Gasteiger partial charge in [-0.25, -0.2) is 4.79 Å².